The Balaban J connectivity index is 0.00000288. The van der Waals surface area contributed by atoms with Gasteiger partial charge < -0.3 is 4.74 Å². The first-order valence-corrected chi connectivity index (χ1v) is 9.08. The molecule has 2 nitrogen and oxygen atoms in total. The zero-order chi connectivity index (χ0) is 16.8. The van der Waals surface area contributed by atoms with Crippen molar-refractivity contribution < 1.29 is 9.53 Å². The zero-order valence-electron chi connectivity index (χ0n) is 14.3. The minimum atomic E-state index is 0. The molecule has 0 heterocycles. The average molecular weight is 336 g/mol. The van der Waals surface area contributed by atoms with Gasteiger partial charge in [0.15, 0.2) is 5.52 Å². The van der Waals surface area contributed by atoms with Gasteiger partial charge in [-0.25, -0.2) is 0 Å². The molecule has 0 aliphatic heterocycles. The minimum absolute atomic E-state index is 0. The second kappa shape index (κ2) is 10.0. The van der Waals surface area contributed by atoms with Gasteiger partial charge in [-0.05, 0) is 63.3 Å². The Bertz CT molecular complexity index is 646. The summed E-state index contributed by atoms with van der Waals surface area (Å²) in [4.78, 5) is 12.6. The Morgan fingerprint density at radius 1 is 1.04 bits per heavy atom. The van der Waals surface area contributed by atoms with Crippen molar-refractivity contribution in [1.29, 1.82) is 0 Å². The summed E-state index contributed by atoms with van der Waals surface area (Å²) < 4.78 is 5.72. The summed E-state index contributed by atoms with van der Waals surface area (Å²) in [6.45, 7) is 9.10. The molecule has 0 aromatic heterocycles. The molecule has 1 unspecified atom stereocenters. The monoisotopic (exact) mass is 336 g/mol. The number of hydrogen-bond donors (Lipinski definition) is 0. The first-order valence-electron chi connectivity index (χ1n) is 8.08. The van der Waals surface area contributed by atoms with Crippen molar-refractivity contribution >= 4 is 38.3 Å². The molecule has 0 saturated heterocycles. The van der Waals surface area contributed by atoms with Gasteiger partial charge in [0.1, 0.15) is 5.75 Å². The van der Waals surface area contributed by atoms with E-state index in [4.69, 9.17) is 4.74 Å². The van der Waals surface area contributed by atoms with Crippen LogP contribution in [0.3, 0.4) is 0 Å². The quantitative estimate of drug-likeness (QED) is 0.559. The fraction of sp³-hybridized carbons (Fsp3) is 0.350. The fourth-order valence-corrected chi connectivity index (χ4v) is 3.53. The van der Waals surface area contributed by atoms with Crippen LogP contribution in [0.4, 0.5) is 0 Å². The Morgan fingerprint density at radius 3 is 2.17 bits per heavy atom. The molecule has 2 aromatic carbocycles. The number of rotatable bonds is 7. The molecule has 0 aliphatic carbocycles. The Hall–Kier alpha value is -1.06. The molecule has 0 aliphatic rings. The summed E-state index contributed by atoms with van der Waals surface area (Å²) in [6, 6.07) is 13.9. The van der Waals surface area contributed by atoms with Crippen molar-refractivity contribution in [2.75, 3.05) is 6.61 Å². The molecule has 2 rings (SSSR count). The average Bonchev–Trinajstić information content (AvgIpc) is 2.48. The van der Waals surface area contributed by atoms with E-state index >= 15 is 0 Å². The van der Waals surface area contributed by atoms with E-state index in [-0.39, 0.29) is 33.0 Å². The van der Waals surface area contributed by atoms with Crippen molar-refractivity contribution in [3.05, 3.63) is 59.2 Å². The summed E-state index contributed by atoms with van der Waals surface area (Å²) in [6.07, 6.45) is 1.05. The van der Waals surface area contributed by atoms with Gasteiger partial charge in [0, 0.05) is 5.56 Å². The Labute approximate surface area is 159 Å². The second-order valence-electron chi connectivity index (χ2n) is 6.28. The number of hydrogen-bond acceptors (Lipinski definition) is 2. The molecular weight excluding hydrogens is 310 g/mol. The Kier molecular flexibility index (Phi) is 8.78. The van der Waals surface area contributed by atoms with Gasteiger partial charge in [0.25, 0.3) is 0 Å². The maximum absolute atomic E-state index is 12.6. The molecule has 0 saturated carbocycles. The van der Waals surface area contributed by atoms with Gasteiger partial charge in [-0.1, -0.05) is 44.2 Å². The third kappa shape index (κ3) is 6.10. The van der Waals surface area contributed by atoms with E-state index in [0.717, 1.165) is 40.8 Å². The fourth-order valence-electron chi connectivity index (χ4n) is 2.41. The van der Waals surface area contributed by atoms with Crippen molar-refractivity contribution in [3.63, 3.8) is 0 Å². The number of carbonyl (C=O) groups is 1. The third-order valence-corrected chi connectivity index (χ3v) is 4.88. The topological polar surface area (TPSA) is 26.3 Å². The van der Waals surface area contributed by atoms with Gasteiger partial charge in [-0.2, -0.15) is 0 Å². The molecule has 0 amide bonds. The van der Waals surface area contributed by atoms with Gasteiger partial charge in [-0.15, -0.1) is 0 Å². The normalized spacial score (nSPS) is 10.9. The SMILES string of the molecule is Cc1cccc(C)c1C(=O)Pc1ccc(OCCC(C)C)cc1.[LiH]. The van der Waals surface area contributed by atoms with E-state index in [1.807, 2.05) is 56.3 Å². The van der Waals surface area contributed by atoms with Gasteiger partial charge in [0.05, 0.1) is 6.61 Å². The van der Waals surface area contributed by atoms with Crippen LogP contribution in [-0.4, -0.2) is 31.0 Å². The van der Waals surface area contributed by atoms with Crippen LogP contribution in [-0.2, 0) is 0 Å². The van der Waals surface area contributed by atoms with Crippen LogP contribution in [0.15, 0.2) is 42.5 Å². The molecule has 4 heteroatoms. The van der Waals surface area contributed by atoms with Crippen LogP contribution in [0, 0.1) is 19.8 Å². The van der Waals surface area contributed by atoms with E-state index in [2.05, 4.69) is 13.8 Å². The molecule has 124 valence electrons. The van der Waals surface area contributed by atoms with E-state index in [9.17, 15) is 4.79 Å². The van der Waals surface area contributed by atoms with E-state index in [1.165, 1.54) is 0 Å². The summed E-state index contributed by atoms with van der Waals surface area (Å²) in [7, 11) is 0.149. The van der Waals surface area contributed by atoms with E-state index in [0.29, 0.717) is 5.92 Å². The predicted octanol–water partition coefficient (Wildman–Crippen LogP) is 4.22. The van der Waals surface area contributed by atoms with Crippen molar-refractivity contribution in [2.24, 2.45) is 5.92 Å². The van der Waals surface area contributed by atoms with Crippen molar-refractivity contribution in [1.82, 2.24) is 0 Å². The van der Waals surface area contributed by atoms with Crippen LogP contribution in [0.2, 0.25) is 0 Å². The summed E-state index contributed by atoms with van der Waals surface area (Å²) >= 11 is 0. The van der Waals surface area contributed by atoms with Crippen LogP contribution >= 0.6 is 8.58 Å². The first-order chi connectivity index (χ1) is 11.0. The number of ether oxygens (including phenoxy) is 1. The number of benzene rings is 2. The van der Waals surface area contributed by atoms with Crippen LogP contribution in [0.5, 0.6) is 5.75 Å². The molecule has 1 atom stereocenters. The van der Waals surface area contributed by atoms with E-state index in [1.54, 1.807) is 0 Å². The van der Waals surface area contributed by atoms with E-state index < -0.39 is 0 Å². The van der Waals surface area contributed by atoms with Gasteiger partial charge in [0.2, 0.25) is 0 Å². The molecule has 0 N–H and O–H groups in total. The van der Waals surface area contributed by atoms with Crippen LogP contribution in [0.1, 0.15) is 41.8 Å². The molecule has 0 radical (unpaired) electrons. The summed E-state index contributed by atoms with van der Waals surface area (Å²) in [5.74, 6) is 1.52. The molecule has 0 bridgehead atoms. The van der Waals surface area contributed by atoms with Crippen LogP contribution in [0.25, 0.3) is 0 Å². The van der Waals surface area contributed by atoms with Gasteiger partial charge in [-0.3, -0.25) is 4.79 Å². The summed E-state index contributed by atoms with van der Waals surface area (Å²) in [5.41, 5.74) is 3.17. The van der Waals surface area contributed by atoms with Crippen molar-refractivity contribution in [3.8, 4) is 5.75 Å². The Morgan fingerprint density at radius 2 is 1.62 bits per heavy atom. The molecule has 2 aromatic rings. The molecular formula is C20H26LiO2P. The molecule has 24 heavy (non-hydrogen) atoms. The van der Waals surface area contributed by atoms with Crippen molar-refractivity contribution in [2.45, 2.75) is 34.1 Å². The van der Waals surface area contributed by atoms with Gasteiger partial charge >= 0.3 is 18.9 Å². The maximum atomic E-state index is 12.6. The first kappa shape index (κ1) is 21.0. The number of carbonyl (C=O) groups excluding carboxylic acids is 1. The van der Waals surface area contributed by atoms with Crippen LogP contribution < -0.4 is 10.0 Å². The number of aryl methyl sites for hydroxylation is 2. The second-order valence-corrected chi connectivity index (χ2v) is 7.56. The third-order valence-electron chi connectivity index (χ3n) is 3.78. The molecule has 0 fully saturated rings. The zero-order valence-corrected chi connectivity index (χ0v) is 15.3. The molecule has 0 spiro atoms. The standard InChI is InChI=1S/C20H25O2P.Li.H/c1-14(2)12-13-22-17-8-10-18(11-9-17)23-20(21)19-15(3)6-5-7-16(19)4;;/h5-11,14,23H,12-13H2,1-4H3;;. The summed E-state index contributed by atoms with van der Waals surface area (Å²) in [5, 5.41) is 1.05. The predicted molar refractivity (Wildman–Crippen MR) is 107 cm³/mol.